The molecule has 8 heteroatoms. The summed E-state index contributed by atoms with van der Waals surface area (Å²) in [5.74, 6) is 1.16. The van der Waals surface area contributed by atoms with Crippen LogP contribution < -0.4 is 10.1 Å². The Kier molecular flexibility index (Phi) is 6.78. The molecule has 2 N–H and O–H groups in total. The molecule has 31 heavy (non-hydrogen) atoms. The number of fused-ring (bicyclic) bond motifs is 1. The highest BCUT2D eigenvalue weighted by molar-refractivity contribution is 14.1. The number of piperidine rings is 1. The summed E-state index contributed by atoms with van der Waals surface area (Å²) in [5, 5.41) is 3.21. The number of aryl methyl sites for hydroxylation is 1. The highest BCUT2D eigenvalue weighted by Crippen LogP contribution is 2.36. The quantitative estimate of drug-likeness (QED) is 0.316. The van der Waals surface area contributed by atoms with Crippen LogP contribution in [-0.4, -0.2) is 52.2 Å². The number of benzene rings is 2. The average molecular weight is 540 g/mol. The summed E-state index contributed by atoms with van der Waals surface area (Å²) < 4.78 is 28.5. The molecule has 1 aromatic heterocycles. The first-order chi connectivity index (χ1) is 14.8. The maximum atomic E-state index is 13.5. The predicted molar refractivity (Wildman–Crippen MR) is 128 cm³/mol. The van der Waals surface area contributed by atoms with E-state index in [1.54, 1.807) is 18.2 Å². The van der Waals surface area contributed by atoms with E-state index in [1.165, 1.54) is 11.6 Å². The minimum Gasteiger partial charge on any atom is -0.424 e. The lowest BCUT2D eigenvalue weighted by molar-refractivity contribution is -0.0687. The second-order valence-electron chi connectivity index (χ2n) is 8.08. The highest BCUT2D eigenvalue weighted by atomic mass is 127. The van der Waals surface area contributed by atoms with E-state index in [9.17, 15) is 8.78 Å². The van der Waals surface area contributed by atoms with Crippen LogP contribution in [0.5, 0.6) is 5.75 Å². The van der Waals surface area contributed by atoms with Gasteiger partial charge in [0.05, 0.1) is 39.2 Å². The first kappa shape index (κ1) is 22.4. The zero-order valence-electron chi connectivity index (χ0n) is 17.7. The van der Waals surface area contributed by atoms with Crippen LogP contribution in [0.1, 0.15) is 29.9 Å². The van der Waals surface area contributed by atoms with Crippen molar-refractivity contribution in [2.24, 2.45) is 0 Å². The standard InChI is InChI=1S/C23H27F2IN4O/c1-15-13-17(16-7-10-30(11-8-16)12-9-27-2)14-19-21(15)29-22(28-19)18-5-3-4-6-20(18)31-23(24,25)26/h3-6,13-14,16,27H,7-12H2,1-2H3,(H,28,29). The summed E-state index contributed by atoms with van der Waals surface area (Å²) in [5.41, 5.74) is 4.72. The molecule has 166 valence electrons. The van der Waals surface area contributed by atoms with E-state index in [-0.39, 0.29) is 5.75 Å². The van der Waals surface area contributed by atoms with Gasteiger partial charge < -0.3 is 19.9 Å². The third-order valence-electron chi connectivity index (χ3n) is 5.90. The van der Waals surface area contributed by atoms with Crippen molar-refractivity contribution in [2.75, 3.05) is 33.2 Å². The lowest BCUT2D eigenvalue weighted by Crippen LogP contribution is -2.37. The molecule has 2 heterocycles. The van der Waals surface area contributed by atoms with Crippen molar-refractivity contribution in [2.45, 2.75) is 29.8 Å². The Morgan fingerprint density at radius 3 is 2.71 bits per heavy atom. The van der Waals surface area contributed by atoms with Crippen LogP contribution in [0, 0.1) is 6.92 Å². The largest absolute Gasteiger partial charge is 0.451 e. The summed E-state index contributed by atoms with van der Waals surface area (Å²) in [7, 11) is 1.99. The summed E-state index contributed by atoms with van der Waals surface area (Å²) >= 11 is 0.980. The number of rotatable bonds is 7. The lowest BCUT2D eigenvalue weighted by Gasteiger charge is -2.32. The Bertz CT molecular complexity index is 1040. The van der Waals surface area contributed by atoms with Crippen LogP contribution >= 0.6 is 22.6 Å². The molecule has 0 bridgehead atoms. The van der Waals surface area contributed by atoms with Gasteiger partial charge in [-0.1, -0.05) is 18.2 Å². The van der Waals surface area contributed by atoms with Gasteiger partial charge in [-0.15, -0.1) is 0 Å². The second-order valence-corrected chi connectivity index (χ2v) is 9.34. The number of imidazole rings is 1. The molecular formula is C23H27F2IN4O. The van der Waals surface area contributed by atoms with E-state index in [1.807, 2.05) is 7.05 Å². The van der Waals surface area contributed by atoms with Crippen LogP contribution in [0.3, 0.4) is 0 Å². The van der Waals surface area contributed by atoms with Crippen molar-refractivity contribution in [1.29, 1.82) is 0 Å². The zero-order chi connectivity index (χ0) is 22.0. The van der Waals surface area contributed by atoms with Crippen molar-refractivity contribution in [3.8, 4) is 17.1 Å². The smallest absolute Gasteiger partial charge is 0.424 e. The van der Waals surface area contributed by atoms with Crippen LogP contribution in [0.15, 0.2) is 36.4 Å². The molecule has 0 aliphatic carbocycles. The van der Waals surface area contributed by atoms with E-state index < -0.39 is 4.12 Å². The van der Waals surface area contributed by atoms with Crippen molar-refractivity contribution >= 4 is 33.6 Å². The highest BCUT2D eigenvalue weighted by Gasteiger charge is 2.28. The number of H-pyrrole nitrogens is 1. The third-order valence-corrected chi connectivity index (χ3v) is 6.12. The average Bonchev–Trinajstić information content (AvgIpc) is 3.16. The monoisotopic (exact) mass is 540 g/mol. The number of halogens is 3. The first-order valence-electron chi connectivity index (χ1n) is 10.6. The van der Waals surface area contributed by atoms with Crippen molar-refractivity contribution in [3.05, 3.63) is 47.5 Å². The molecule has 0 amide bonds. The SMILES string of the molecule is CNCCN1CCC(c2cc(C)c3nc(-c4ccccc4OC(F)(F)I)[nH]c3c2)CC1. The number of nitrogens with one attached hydrogen (secondary N) is 2. The van der Waals surface area contributed by atoms with Crippen molar-refractivity contribution < 1.29 is 13.5 Å². The molecule has 0 radical (unpaired) electrons. The van der Waals surface area contributed by atoms with Crippen LogP contribution in [-0.2, 0) is 0 Å². The van der Waals surface area contributed by atoms with Gasteiger partial charge in [0.25, 0.3) is 0 Å². The number of likely N-dealkylation sites (N-methyl/N-ethyl adjacent to an activating group) is 1. The molecule has 3 aromatic rings. The molecule has 0 spiro atoms. The van der Waals surface area contributed by atoms with Gasteiger partial charge in [-0.2, -0.15) is 8.78 Å². The second kappa shape index (κ2) is 9.38. The fourth-order valence-electron chi connectivity index (χ4n) is 4.32. The van der Waals surface area contributed by atoms with Gasteiger partial charge in [-0.25, -0.2) is 4.98 Å². The first-order valence-corrected chi connectivity index (χ1v) is 11.6. The molecule has 4 rings (SSSR count). The Balaban J connectivity index is 1.60. The molecule has 1 saturated heterocycles. The number of para-hydroxylation sites is 1. The number of ether oxygens (including phenoxy) is 1. The number of aromatic amines is 1. The van der Waals surface area contributed by atoms with Gasteiger partial charge in [0.1, 0.15) is 11.6 Å². The van der Waals surface area contributed by atoms with Gasteiger partial charge in [-0.05, 0) is 75.1 Å². The fraction of sp³-hybridized carbons (Fsp3) is 0.435. The van der Waals surface area contributed by atoms with E-state index in [0.29, 0.717) is 17.3 Å². The van der Waals surface area contributed by atoms with E-state index in [0.717, 1.165) is 78.2 Å². The summed E-state index contributed by atoms with van der Waals surface area (Å²) in [6.07, 6.45) is 2.27. The maximum Gasteiger partial charge on any atom is 0.451 e. The molecule has 1 aliphatic heterocycles. The zero-order valence-corrected chi connectivity index (χ0v) is 19.9. The van der Waals surface area contributed by atoms with Crippen molar-refractivity contribution in [1.82, 2.24) is 20.2 Å². The Morgan fingerprint density at radius 2 is 2.00 bits per heavy atom. The molecule has 2 aromatic carbocycles. The van der Waals surface area contributed by atoms with Crippen LogP contribution in [0.4, 0.5) is 8.78 Å². The normalized spacial score (nSPS) is 16.2. The fourth-order valence-corrected chi connectivity index (χ4v) is 4.55. The maximum absolute atomic E-state index is 13.5. The number of nitrogens with zero attached hydrogens (tertiary/aromatic N) is 2. The minimum absolute atomic E-state index is 0.104. The third kappa shape index (κ3) is 5.35. The Labute approximate surface area is 194 Å². The topological polar surface area (TPSA) is 53.2 Å². The van der Waals surface area contributed by atoms with Crippen LogP contribution in [0.25, 0.3) is 22.4 Å². The molecule has 0 saturated carbocycles. The molecule has 1 aliphatic rings. The van der Waals surface area contributed by atoms with E-state index in [4.69, 9.17) is 9.72 Å². The molecular weight excluding hydrogens is 513 g/mol. The summed E-state index contributed by atoms with van der Waals surface area (Å²) in [6, 6.07) is 11.1. The molecule has 1 fully saturated rings. The number of hydrogen-bond acceptors (Lipinski definition) is 4. The molecule has 0 atom stereocenters. The number of hydrogen-bond donors (Lipinski definition) is 2. The summed E-state index contributed by atoms with van der Waals surface area (Å²) in [4.78, 5) is 10.6. The van der Waals surface area contributed by atoms with Gasteiger partial charge in [0.2, 0.25) is 0 Å². The van der Waals surface area contributed by atoms with Gasteiger partial charge in [0.15, 0.2) is 0 Å². The Morgan fingerprint density at radius 1 is 1.26 bits per heavy atom. The number of alkyl halides is 3. The van der Waals surface area contributed by atoms with Crippen LogP contribution in [0.2, 0.25) is 0 Å². The molecule has 5 nitrogen and oxygen atoms in total. The van der Waals surface area contributed by atoms with Crippen molar-refractivity contribution in [3.63, 3.8) is 0 Å². The van der Waals surface area contributed by atoms with E-state index >= 15 is 0 Å². The molecule has 0 unspecified atom stereocenters. The number of likely N-dealkylation sites (tertiary alicyclic amines) is 1. The summed E-state index contributed by atoms with van der Waals surface area (Å²) in [6.45, 7) is 6.37. The predicted octanol–water partition coefficient (Wildman–Crippen LogP) is 5.30. The lowest BCUT2D eigenvalue weighted by atomic mass is 9.88. The Hall–Kier alpha value is -1.78. The minimum atomic E-state index is -3.29. The number of aromatic nitrogens is 2. The van der Waals surface area contributed by atoms with Gasteiger partial charge in [0, 0.05) is 13.1 Å². The van der Waals surface area contributed by atoms with Gasteiger partial charge >= 0.3 is 4.12 Å². The van der Waals surface area contributed by atoms with E-state index in [2.05, 4.69) is 34.3 Å². The van der Waals surface area contributed by atoms with Gasteiger partial charge in [-0.3, -0.25) is 0 Å².